The second-order valence-electron chi connectivity index (χ2n) is 6.98. The molecule has 2 N–H and O–H groups in total. The lowest BCUT2D eigenvalue weighted by molar-refractivity contribution is -0.130. The highest BCUT2D eigenvalue weighted by molar-refractivity contribution is 7.12. The van der Waals surface area contributed by atoms with Crippen LogP contribution in [-0.2, 0) is 21.0 Å². The quantitative estimate of drug-likeness (QED) is 0.808. The smallest absolute Gasteiger partial charge is 0.296 e. The van der Waals surface area contributed by atoms with Crippen LogP contribution < -0.4 is 5.73 Å². The van der Waals surface area contributed by atoms with E-state index in [1.54, 1.807) is 19.1 Å². The van der Waals surface area contributed by atoms with Gasteiger partial charge in [-0.3, -0.25) is 9.69 Å². The van der Waals surface area contributed by atoms with Crippen LogP contribution in [0.15, 0.2) is 41.4 Å². The Kier molecular flexibility index (Phi) is 5.43. The minimum atomic E-state index is -3.14. The number of hydrogen-bond acceptors (Lipinski definition) is 6. The number of nitrogens with zero attached hydrogens (tertiary/aromatic N) is 3. The summed E-state index contributed by atoms with van der Waals surface area (Å²) in [6.45, 7) is 1.03. The maximum Gasteiger partial charge on any atom is 0.296 e. The monoisotopic (exact) mass is 418 g/mol. The molecule has 0 saturated carbocycles. The summed E-state index contributed by atoms with van der Waals surface area (Å²) in [5.74, 6) is -4.16. The number of hydrogen-bond donors (Lipinski definition) is 1. The number of guanidine groups is 1. The van der Waals surface area contributed by atoms with Crippen LogP contribution in [0.1, 0.15) is 33.7 Å². The highest BCUT2D eigenvalue weighted by atomic mass is 32.1. The van der Waals surface area contributed by atoms with Crippen LogP contribution in [-0.4, -0.2) is 37.5 Å². The highest BCUT2D eigenvalue weighted by Gasteiger charge is 2.48. The van der Waals surface area contributed by atoms with Gasteiger partial charge in [-0.05, 0) is 24.6 Å². The van der Waals surface area contributed by atoms with Crippen molar-refractivity contribution in [3.63, 3.8) is 0 Å². The summed E-state index contributed by atoms with van der Waals surface area (Å²) in [5.41, 5.74) is 5.22. The molecule has 3 rings (SSSR count). The number of carbonyl (C=O) groups is 1. The van der Waals surface area contributed by atoms with Crippen molar-refractivity contribution in [3.05, 3.63) is 57.3 Å². The van der Waals surface area contributed by atoms with E-state index in [2.05, 4.69) is 15.8 Å². The summed E-state index contributed by atoms with van der Waals surface area (Å²) >= 11 is 1.22. The third-order valence-electron chi connectivity index (χ3n) is 5.04. The van der Waals surface area contributed by atoms with Gasteiger partial charge in [0.1, 0.15) is 23.1 Å². The van der Waals surface area contributed by atoms with Gasteiger partial charge in [0.2, 0.25) is 5.91 Å². The molecule has 0 aliphatic carbocycles. The maximum absolute atomic E-state index is 14.1. The minimum Gasteiger partial charge on any atom is -0.378 e. The fourth-order valence-electron chi connectivity index (χ4n) is 3.44. The van der Waals surface area contributed by atoms with Gasteiger partial charge < -0.3 is 10.5 Å². The zero-order chi connectivity index (χ0) is 21.4. The topological polar surface area (TPSA) is 91.7 Å². The van der Waals surface area contributed by atoms with Gasteiger partial charge in [-0.15, -0.1) is 11.3 Å². The number of ether oxygens (including phenoxy) is 1. The lowest BCUT2D eigenvalue weighted by Crippen LogP contribution is -2.52. The molecule has 0 saturated heterocycles. The second kappa shape index (κ2) is 7.54. The molecule has 1 aliphatic heterocycles. The summed E-state index contributed by atoms with van der Waals surface area (Å²) in [5, 5.41) is 9.16. The van der Waals surface area contributed by atoms with Gasteiger partial charge in [0.25, 0.3) is 5.92 Å². The third-order valence-corrected chi connectivity index (χ3v) is 6.25. The van der Waals surface area contributed by atoms with Crippen LogP contribution in [0.3, 0.4) is 0 Å². The number of thiophene rings is 1. The van der Waals surface area contributed by atoms with E-state index in [1.807, 2.05) is 0 Å². The molecule has 6 nitrogen and oxygen atoms in total. The Hall–Kier alpha value is -2.83. The number of nitriles is 1. The predicted octanol–water partition coefficient (Wildman–Crippen LogP) is 3.14. The fraction of sp³-hybridized carbons (Fsp3) is 0.350. The Morgan fingerprint density at radius 1 is 1.34 bits per heavy atom. The first-order valence-electron chi connectivity index (χ1n) is 8.74. The molecule has 1 aromatic carbocycles. The number of benzene rings is 1. The van der Waals surface area contributed by atoms with Gasteiger partial charge in [0, 0.05) is 24.6 Å². The number of amides is 1. The summed E-state index contributed by atoms with van der Waals surface area (Å²) < 4.78 is 32.8. The van der Waals surface area contributed by atoms with E-state index < -0.39 is 24.0 Å². The molecule has 0 spiro atoms. The van der Waals surface area contributed by atoms with Gasteiger partial charge in [-0.25, -0.2) is 4.99 Å². The first-order chi connectivity index (χ1) is 13.6. The van der Waals surface area contributed by atoms with E-state index in [-0.39, 0.29) is 17.4 Å². The largest absolute Gasteiger partial charge is 0.378 e. The lowest BCUT2D eigenvalue weighted by Gasteiger charge is -2.40. The van der Waals surface area contributed by atoms with Gasteiger partial charge in [-0.1, -0.05) is 24.3 Å². The SMILES string of the molecule is COCC(F)(F)c1ccc([C@H]2C(=O)N(C)C(N)=NC2(C)c2ccc(C#N)s2)cc1. The van der Waals surface area contributed by atoms with Crippen molar-refractivity contribution < 1.29 is 18.3 Å². The lowest BCUT2D eigenvalue weighted by atomic mass is 9.77. The minimum absolute atomic E-state index is 0.0592. The van der Waals surface area contributed by atoms with E-state index in [4.69, 9.17) is 11.0 Å². The van der Waals surface area contributed by atoms with Gasteiger partial charge in [0.15, 0.2) is 5.96 Å². The predicted molar refractivity (Wildman–Crippen MR) is 106 cm³/mol. The van der Waals surface area contributed by atoms with Crippen LogP contribution in [0.5, 0.6) is 0 Å². The Morgan fingerprint density at radius 2 is 2.00 bits per heavy atom. The Bertz CT molecular complexity index is 997. The van der Waals surface area contributed by atoms with Crippen molar-refractivity contribution in [2.75, 3.05) is 20.8 Å². The van der Waals surface area contributed by atoms with Crippen molar-refractivity contribution >= 4 is 23.2 Å². The first-order valence-corrected chi connectivity index (χ1v) is 9.56. The molecule has 0 fully saturated rings. The van der Waals surface area contributed by atoms with E-state index in [1.165, 1.54) is 54.7 Å². The van der Waals surface area contributed by atoms with Crippen molar-refractivity contribution in [1.82, 2.24) is 4.90 Å². The summed E-state index contributed by atoms with van der Waals surface area (Å²) in [6.07, 6.45) is 0. The summed E-state index contributed by atoms with van der Waals surface area (Å²) in [6, 6.07) is 11.1. The molecule has 1 unspecified atom stereocenters. The number of likely N-dealkylation sites (N-methyl/N-ethyl adjacent to an activating group) is 1. The molecule has 0 radical (unpaired) electrons. The Morgan fingerprint density at radius 3 is 2.55 bits per heavy atom. The van der Waals surface area contributed by atoms with Crippen LogP contribution in [0.25, 0.3) is 0 Å². The second-order valence-corrected chi connectivity index (χ2v) is 8.07. The number of nitrogens with two attached hydrogens (primary N) is 1. The molecular formula is C20H20F2N4O2S. The highest BCUT2D eigenvalue weighted by Crippen LogP contribution is 2.46. The number of aliphatic imine (C=N–C) groups is 1. The molecule has 152 valence electrons. The van der Waals surface area contributed by atoms with Crippen LogP contribution in [0.4, 0.5) is 8.78 Å². The van der Waals surface area contributed by atoms with Gasteiger partial charge >= 0.3 is 0 Å². The summed E-state index contributed by atoms with van der Waals surface area (Å²) in [7, 11) is 2.73. The molecule has 0 bridgehead atoms. The van der Waals surface area contributed by atoms with Gasteiger partial charge in [0.05, 0.1) is 5.92 Å². The Labute approximate surface area is 171 Å². The Balaban J connectivity index is 2.09. The third kappa shape index (κ3) is 3.61. The fourth-order valence-corrected chi connectivity index (χ4v) is 4.37. The normalized spacial score (nSPS) is 22.3. The number of carbonyl (C=O) groups excluding carboxylic acids is 1. The molecule has 2 atom stereocenters. The van der Waals surface area contributed by atoms with E-state index in [0.717, 1.165) is 0 Å². The summed E-state index contributed by atoms with van der Waals surface area (Å²) in [4.78, 5) is 20.1. The molecular weight excluding hydrogens is 398 g/mol. The standard InChI is InChI=1S/C20H20F2N4O2S/c1-19(15-9-8-14(10-23)29-15)16(17(27)26(2)18(24)25-19)12-4-6-13(7-5-12)20(21,22)11-28-3/h4-9,16H,11H2,1-3H3,(H2,24,25)/t16-,19?/m0/s1. The average molecular weight is 418 g/mol. The zero-order valence-corrected chi connectivity index (χ0v) is 17.0. The molecule has 9 heteroatoms. The van der Waals surface area contributed by atoms with Crippen LogP contribution in [0.2, 0.25) is 0 Å². The molecule has 2 aromatic rings. The van der Waals surface area contributed by atoms with Crippen LogP contribution >= 0.6 is 11.3 Å². The maximum atomic E-state index is 14.1. The van der Waals surface area contributed by atoms with E-state index >= 15 is 0 Å². The average Bonchev–Trinajstić information content (AvgIpc) is 3.17. The zero-order valence-electron chi connectivity index (χ0n) is 16.1. The van der Waals surface area contributed by atoms with E-state index in [9.17, 15) is 13.6 Å². The molecule has 2 heterocycles. The van der Waals surface area contributed by atoms with Crippen molar-refractivity contribution in [2.24, 2.45) is 10.7 Å². The molecule has 1 aliphatic rings. The van der Waals surface area contributed by atoms with E-state index in [0.29, 0.717) is 15.3 Å². The van der Waals surface area contributed by atoms with Crippen molar-refractivity contribution in [1.29, 1.82) is 5.26 Å². The number of methoxy groups -OCH3 is 1. The number of halogens is 2. The van der Waals surface area contributed by atoms with Crippen molar-refractivity contribution in [3.8, 4) is 6.07 Å². The number of rotatable bonds is 5. The van der Waals surface area contributed by atoms with Crippen molar-refractivity contribution in [2.45, 2.75) is 24.3 Å². The number of alkyl halides is 2. The molecule has 29 heavy (non-hydrogen) atoms. The van der Waals surface area contributed by atoms with Gasteiger partial charge in [-0.2, -0.15) is 14.0 Å². The molecule has 1 amide bonds. The van der Waals surface area contributed by atoms with Crippen LogP contribution in [0, 0.1) is 11.3 Å². The molecule has 1 aromatic heterocycles. The first kappa shape index (κ1) is 20.9.